The number of carbonyl (C=O) groups excluding carboxylic acids is 1. The van der Waals surface area contributed by atoms with E-state index in [2.05, 4.69) is 10.4 Å². The van der Waals surface area contributed by atoms with Gasteiger partial charge >= 0.3 is 0 Å². The molecule has 17 heavy (non-hydrogen) atoms. The molecule has 0 aliphatic heterocycles. The summed E-state index contributed by atoms with van der Waals surface area (Å²) in [4.78, 5) is 11.1. The van der Waals surface area contributed by atoms with E-state index in [4.69, 9.17) is 5.73 Å². The SMILES string of the molecule is CCNC(CCSc1cc(C)nn1C)C(N)=O. The molecule has 0 saturated heterocycles. The van der Waals surface area contributed by atoms with E-state index in [0.29, 0.717) is 0 Å². The molecule has 0 aliphatic rings. The lowest BCUT2D eigenvalue weighted by atomic mass is 10.2. The zero-order valence-corrected chi connectivity index (χ0v) is 11.4. The van der Waals surface area contributed by atoms with E-state index in [1.54, 1.807) is 11.8 Å². The largest absolute Gasteiger partial charge is 0.368 e. The Morgan fingerprint density at radius 1 is 1.71 bits per heavy atom. The number of aryl methyl sites for hydroxylation is 2. The summed E-state index contributed by atoms with van der Waals surface area (Å²) in [7, 11) is 1.92. The lowest BCUT2D eigenvalue weighted by molar-refractivity contribution is -0.120. The molecule has 1 amide bonds. The maximum Gasteiger partial charge on any atom is 0.234 e. The predicted molar refractivity (Wildman–Crippen MR) is 69.9 cm³/mol. The number of nitrogens with zero attached hydrogens (tertiary/aromatic N) is 2. The maximum atomic E-state index is 11.1. The first kappa shape index (κ1) is 14.1. The highest BCUT2D eigenvalue weighted by atomic mass is 32.2. The molecule has 0 spiro atoms. The zero-order valence-electron chi connectivity index (χ0n) is 10.6. The van der Waals surface area contributed by atoms with Crippen LogP contribution < -0.4 is 11.1 Å². The number of thioether (sulfide) groups is 1. The average Bonchev–Trinajstić information content (AvgIpc) is 2.56. The Hall–Kier alpha value is -1.01. The van der Waals surface area contributed by atoms with Crippen LogP contribution in [0.15, 0.2) is 11.1 Å². The monoisotopic (exact) mass is 256 g/mol. The standard InChI is InChI=1S/C11H20N4OS/c1-4-13-9(11(12)16)5-6-17-10-7-8(2)14-15(10)3/h7,9,13H,4-6H2,1-3H3,(H2,12,16). The van der Waals surface area contributed by atoms with Crippen molar-refractivity contribution in [3.8, 4) is 0 Å². The number of carbonyl (C=O) groups is 1. The van der Waals surface area contributed by atoms with Gasteiger partial charge in [-0.3, -0.25) is 9.48 Å². The molecule has 6 heteroatoms. The average molecular weight is 256 g/mol. The molecule has 0 aliphatic carbocycles. The smallest absolute Gasteiger partial charge is 0.234 e. The number of likely N-dealkylation sites (N-methyl/N-ethyl adjacent to an activating group) is 1. The second kappa shape index (κ2) is 6.66. The van der Waals surface area contributed by atoms with Crippen molar-refractivity contribution in [1.29, 1.82) is 0 Å². The van der Waals surface area contributed by atoms with Gasteiger partial charge in [0.05, 0.1) is 16.8 Å². The summed E-state index contributed by atoms with van der Waals surface area (Å²) in [5.41, 5.74) is 6.32. The third-order valence-corrected chi connectivity index (χ3v) is 3.53. The minimum atomic E-state index is -0.284. The van der Waals surface area contributed by atoms with Crippen LogP contribution in [0, 0.1) is 6.92 Å². The highest BCUT2D eigenvalue weighted by Crippen LogP contribution is 2.19. The van der Waals surface area contributed by atoms with Crippen molar-refractivity contribution in [3.63, 3.8) is 0 Å². The van der Waals surface area contributed by atoms with Gasteiger partial charge in [0.1, 0.15) is 0 Å². The number of nitrogens with two attached hydrogens (primary N) is 1. The molecule has 3 N–H and O–H groups in total. The van der Waals surface area contributed by atoms with Crippen LogP contribution in [0.5, 0.6) is 0 Å². The van der Waals surface area contributed by atoms with E-state index in [9.17, 15) is 4.79 Å². The molecule has 1 aromatic heterocycles. The Kier molecular flexibility index (Phi) is 5.50. The summed E-state index contributed by atoms with van der Waals surface area (Å²) in [6.07, 6.45) is 0.734. The van der Waals surface area contributed by atoms with Gasteiger partial charge in [0.25, 0.3) is 0 Å². The molecule has 1 atom stereocenters. The topological polar surface area (TPSA) is 72.9 Å². The Bertz CT molecular complexity index is 378. The Labute approximate surface area is 106 Å². The van der Waals surface area contributed by atoms with Crippen LogP contribution in [0.4, 0.5) is 0 Å². The lowest BCUT2D eigenvalue weighted by Crippen LogP contribution is -2.41. The van der Waals surface area contributed by atoms with Gasteiger partial charge in [-0.05, 0) is 26.0 Å². The molecule has 5 nitrogen and oxygen atoms in total. The first-order chi connectivity index (χ1) is 8.04. The highest BCUT2D eigenvalue weighted by molar-refractivity contribution is 7.99. The number of hydrogen-bond acceptors (Lipinski definition) is 4. The molecule has 0 radical (unpaired) electrons. The fourth-order valence-electron chi connectivity index (χ4n) is 1.59. The van der Waals surface area contributed by atoms with Crippen molar-refractivity contribution in [3.05, 3.63) is 11.8 Å². The van der Waals surface area contributed by atoms with Crippen molar-refractivity contribution in [2.45, 2.75) is 31.3 Å². The Morgan fingerprint density at radius 3 is 2.88 bits per heavy atom. The number of nitrogens with one attached hydrogen (secondary N) is 1. The molecular weight excluding hydrogens is 236 g/mol. The molecule has 96 valence electrons. The van der Waals surface area contributed by atoms with Crippen molar-refractivity contribution >= 4 is 17.7 Å². The molecule has 1 rings (SSSR count). The van der Waals surface area contributed by atoms with Crippen molar-refractivity contribution < 1.29 is 4.79 Å². The number of amides is 1. The fraction of sp³-hybridized carbons (Fsp3) is 0.636. The van der Waals surface area contributed by atoms with Crippen LogP contribution in [0.25, 0.3) is 0 Å². The lowest BCUT2D eigenvalue weighted by Gasteiger charge is -2.13. The summed E-state index contributed by atoms with van der Waals surface area (Å²) in [6.45, 7) is 4.69. The summed E-state index contributed by atoms with van der Waals surface area (Å²) < 4.78 is 1.85. The van der Waals surface area contributed by atoms with Crippen molar-refractivity contribution in [1.82, 2.24) is 15.1 Å². The summed E-state index contributed by atoms with van der Waals surface area (Å²) in [6, 6.07) is 1.80. The molecule has 0 aromatic carbocycles. The van der Waals surface area contributed by atoms with E-state index in [1.807, 2.05) is 31.6 Å². The number of rotatable bonds is 7. The molecular formula is C11H20N4OS. The van der Waals surface area contributed by atoms with Gasteiger partial charge in [0.2, 0.25) is 5.91 Å². The first-order valence-electron chi connectivity index (χ1n) is 5.70. The van der Waals surface area contributed by atoms with Crippen LogP contribution in [0.2, 0.25) is 0 Å². The van der Waals surface area contributed by atoms with Gasteiger partial charge < -0.3 is 11.1 Å². The highest BCUT2D eigenvalue weighted by Gasteiger charge is 2.13. The number of primary amides is 1. The second-order valence-corrected chi connectivity index (χ2v) is 5.01. The van der Waals surface area contributed by atoms with E-state index in [0.717, 1.165) is 29.4 Å². The van der Waals surface area contributed by atoms with E-state index in [-0.39, 0.29) is 11.9 Å². The van der Waals surface area contributed by atoms with Crippen LogP contribution in [0.1, 0.15) is 19.0 Å². The van der Waals surface area contributed by atoms with E-state index >= 15 is 0 Å². The van der Waals surface area contributed by atoms with E-state index in [1.165, 1.54) is 0 Å². The Balaban J connectivity index is 2.40. The van der Waals surface area contributed by atoms with Crippen molar-refractivity contribution in [2.75, 3.05) is 12.3 Å². The normalized spacial score (nSPS) is 12.6. The maximum absolute atomic E-state index is 11.1. The van der Waals surface area contributed by atoms with Gasteiger partial charge in [-0.25, -0.2) is 0 Å². The third-order valence-electron chi connectivity index (χ3n) is 2.41. The van der Waals surface area contributed by atoms with Gasteiger partial charge in [-0.2, -0.15) is 5.10 Å². The third kappa shape index (κ3) is 4.40. The molecule has 1 heterocycles. The van der Waals surface area contributed by atoms with Gasteiger partial charge in [0, 0.05) is 12.8 Å². The minimum Gasteiger partial charge on any atom is -0.368 e. The molecule has 0 saturated carbocycles. The van der Waals surface area contributed by atoms with Gasteiger partial charge in [-0.1, -0.05) is 6.92 Å². The van der Waals surface area contributed by atoms with Crippen LogP contribution >= 0.6 is 11.8 Å². The molecule has 1 unspecified atom stereocenters. The van der Waals surface area contributed by atoms with Gasteiger partial charge in [0.15, 0.2) is 0 Å². The quantitative estimate of drug-likeness (QED) is 0.703. The molecule has 1 aromatic rings. The summed E-state index contributed by atoms with van der Waals surface area (Å²) >= 11 is 1.69. The predicted octanol–water partition coefficient (Wildman–Crippen LogP) is 0.674. The van der Waals surface area contributed by atoms with Crippen LogP contribution in [-0.2, 0) is 11.8 Å². The van der Waals surface area contributed by atoms with Crippen molar-refractivity contribution in [2.24, 2.45) is 12.8 Å². The van der Waals surface area contributed by atoms with Crippen LogP contribution in [0.3, 0.4) is 0 Å². The summed E-state index contributed by atoms with van der Waals surface area (Å²) in [5.74, 6) is 0.563. The second-order valence-electron chi connectivity index (χ2n) is 3.90. The van der Waals surface area contributed by atoms with Crippen LogP contribution in [-0.4, -0.2) is 34.0 Å². The molecule has 0 fully saturated rings. The zero-order chi connectivity index (χ0) is 12.8. The molecule has 0 bridgehead atoms. The van der Waals surface area contributed by atoms with E-state index < -0.39 is 0 Å². The van der Waals surface area contributed by atoms with Gasteiger partial charge in [-0.15, -0.1) is 11.8 Å². The fourth-order valence-corrected chi connectivity index (χ4v) is 2.64. The minimum absolute atomic E-state index is 0.234. The summed E-state index contributed by atoms with van der Waals surface area (Å²) in [5, 5.41) is 8.46. The first-order valence-corrected chi connectivity index (χ1v) is 6.69. The Morgan fingerprint density at radius 2 is 2.41 bits per heavy atom. The number of aromatic nitrogens is 2. The number of hydrogen-bond donors (Lipinski definition) is 2.